The molecule has 82 valence electrons. The van der Waals surface area contributed by atoms with Crippen molar-refractivity contribution in [3.8, 4) is 6.07 Å². The summed E-state index contributed by atoms with van der Waals surface area (Å²) in [6, 6.07) is 5.19. The van der Waals surface area contributed by atoms with E-state index in [0.717, 1.165) is 9.18 Å². The van der Waals surface area contributed by atoms with E-state index < -0.39 is 10.0 Å². The van der Waals surface area contributed by atoms with Crippen molar-refractivity contribution in [3.05, 3.63) is 17.0 Å². The molecule has 0 aliphatic heterocycles. The van der Waals surface area contributed by atoms with Crippen molar-refractivity contribution < 1.29 is 8.42 Å². The van der Waals surface area contributed by atoms with Gasteiger partial charge in [-0.1, -0.05) is 6.92 Å². The Kier molecular flexibility index (Phi) is 3.85. The quantitative estimate of drug-likeness (QED) is 0.756. The predicted molar refractivity (Wildman–Crippen MR) is 59.1 cm³/mol. The molecule has 0 aromatic carbocycles. The number of nitrogens with zero attached hydrogens (tertiary/aromatic N) is 2. The van der Waals surface area contributed by atoms with Crippen molar-refractivity contribution in [1.29, 1.82) is 5.26 Å². The van der Waals surface area contributed by atoms with Crippen LogP contribution in [0, 0.1) is 18.3 Å². The summed E-state index contributed by atoms with van der Waals surface area (Å²) in [6.07, 6.45) is 0. The van der Waals surface area contributed by atoms with Crippen LogP contribution in [0.1, 0.15) is 11.8 Å². The molecule has 1 heterocycles. The van der Waals surface area contributed by atoms with E-state index in [1.807, 2.05) is 13.0 Å². The monoisotopic (exact) mass is 244 g/mol. The van der Waals surface area contributed by atoms with E-state index in [9.17, 15) is 8.42 Å². The molecule has 4 nitrogen and oxygen atoms in total. The number of thiophene rings is 1. The van der Waals surface area contributed by atoms with E-state index in [2.05, 4.69) is 0 Å². The van der Waals surface area contributed by atoms with Gasteiger partial charge < -0.3 is 0 Å². The van der Waals surface area contributed by atoms with Crippen molar-refractivity contribution in [3.63, 3.8) is 0 Å². The third-order valence-electron chi connectivity index (χ3n) is 1.91. The Morgan fingerprint density at radius 3 is 2.60 bits per heavy atom. The van der Waals surface area contributed by atoms with E-state index in [1.54, 1.807) is 19.1 Å². The molecule has 0 saturated heterocycles. The van der Waals surface area contributed by atoms with Gasteiger partial charge in [-0.2, -0.15) is 9.57 Å². The maximum absolute atomic E-state index is 12.0. The van der Waals surface area contributed by atoms with Crippen LogP contribution in [0.4, 0.5) is 0 Å². The number of sulfonamides is 1. The van der Waals surface area contributed by atoms with Crippen LogP contribution in [0.2, 0.25) is 0 Å². The Morgan fingerprint density at radius 1 is 1.53 bits per heavy atom. The van der Waals surface area contributed by atoms with Crippen LogP contribution in [0.15, 0.2) is 16.3 Å². The highest BCUT2D eigenvalue weighted by atomic mass is 32.2. The lowest BCUT2D eigenvalue weighted by Crippen LogP contribution is -2.30. The van der Waals surface area contributed by atoms with E-state index in [4.69, 9.17) is 5.26 Å². The molecule has 0 radical (unpaired) electrons. The third-order valence-corrected chi connectivity index (χ3v) is 5.30. The smallest absolute Gasteiger partial charge is 0.206 e. The molecule has 6 heteroatoms. The zero-order valence-corrected chi connectivity index (χ0v) is 10.2. The van der Waals surface area contributed by atoms with Gasteiger partial charge in [-0.05, 0) is 19.1 Å². The third kappa shape index (κ3) is 2.56. The first-order chi connectivity index (χ1) is 7.02. The van der Waals surface area contributed by atoms with Gasteiger partial charge in [-0.3, -0.25) is 0 Å². The molecule has 0 bridgehead atoms. The number of hydrogen-bond donors (Lipinski definition) is 0. The van der Waals surface area contributed by atoms with Gasteiger partial charge in [-0.15, -0.1) is 11.3 Å². The fourth-order valence-electron chi connectivity index (χ4n) is 1.12. The van der Waals surface area contributed by atoms with Gasteiger partial charge in [0, 0.05) is 11.4 Å². The van der Waals surface area contributed by atoms with E-state index in [0.29, 0.717) is 10.8 Å². The van der Waals surface area contributed by atoms with Gasteiger partial charge in [0.25, 0.3) is 10.0 Å². The first kappa shape index (κ1) is 12.2. The molecular weight excluding hydrogens is 232 g/mol. The second-order valence-corrected chi connectivity index (χ2v) is 6.41. The van der Waals surface area contributed by atoms with E-state index >= 15 is 0 Å². The Morgan fingerprint density at radius 2 is 2.20 bits per heavy atom. The molecule has 15 heavy (non-hydrogen) atoms. The van der Waals surface area contributed by atoms with Crippen LogP contribution < -0.4 is 0 Å². The van der Waals surface area contributed by atoms with Crippen LogP contribution >= 0.6 is 11.3 Å². The standard InChI is InChI=1S/C9H12N2O2S2/c1-3-11(7-6-10)15(12,13)9-5-4-8(2)14-9/h4-5H,3,7H2,1-2H3. The van der Waals surface area contributed by atoms with Crippen LogP contribution in [-0.4, -0.2) is 25.8 Å². The lowest BCUT2D eigenvalue weighted by molar-refractivity contribution is 0.464. The molecule has 0 atom stereocenters. The summed E-state index contributed by atoms with van der Waals surface area (Å²) in [5.74, 6) is 0. The molecule has 0 spiro atoms. The van der Waals surface area contributed by atoms with E-state index in [-0.39, 0.29) is 6.54 Å². The van der Waals surface area contributed by atoms with Crippen molar-refractivity contribution >= 4 is 21.4 Å². The molecule has 0 aliphatic carbocycles. The van der Waals surface area contributed by atoms with Crippen molar-refractivity contribution in [2.45, 2.75) is 18.1 Å². The largest absolute Gasteiger partial charge is 0.253 e. The molecule has 0 amide bonds. The van der Waals surface area contributed by atoms with Crippen LogP contribution in [0.25, 0.3) is 0 Å². The molecule has 1 rings (SSSR count). The second-order valence-electron chi connectivity index (χ2n) is 2.95. The number of nitriles is 1. The van der Waals surface area contributed by atoms with E-state index in [1.165, 1.54) is 11.3 Å². The molecular formula is C9H12N2O2S2. The summed E-state index contributed by atoms with van der Waals surface area (Å²) >= 11 is 1.23. The topological polar surface area (TPSA) is 61.2 Å². The minimum Gasteiger partial charge on any atom is -0.206 e. The zero-order valence-electron chi connectivity index (χ0n) is 8.60. The lowest BCUT2D eigenvalue weighted by atomic mass is 10.5. The van der Waals surface area contributed by atoms with Gasteiger partial charge in [-0.25, -0.2) is 8.42 Å². The summed E-state index contributed by atoms with van der Waals surface area (Å²) in [7, 11) is -3.46. The molecule has 0 N–H and O–H groups in total. The van der Waals surface area contributed by atoms with Gasteiger partial charge in [0.2, 0.25) is 0 Å². The van der Waals surface area contributed by atoms with Crippen LogP contribution in [-0.2, 0) is 10.0 Å². The highest BCUT2D eigenvalue weighted by molar-refractivity contribution is 7.91. The number of hydrogen-bond acceptors (Lipinski definition) is 4. The zero-order chi connectivity index (χ0) is 11.5. The second kappa shape index (κ2) is 4.75. The Bertz CT molecular complexity index is 471. The normalized spacial score (nSPS) is 11.6. The van der Waals surface area contributed by atoms with Crippen molar-refractivity contribution in [2.75, 3.05) is 13.1 Å². The SMILES string of the molecule is CCN(CC#N)S(=O)(=O)c1ccc(C)s1. The van der Waals surface area contributed by atoms with Gasteiger partial charge in [0.05, 0.1) is 6.07 Å². The van der Waals surface area contributed by atoms with Gasteiger partial charge in [0.1, 0.15) is 10.8 Å². The maximum Gasteiger partial charge on any atom is 0.253 e. The Labute approximate surface area is 93.8 Å². The van der Waals surface area contributed by atoms with Crippen molar-refractivity contribution in [1.82, 2.24) is 4.31 Å². The number of rotatable bonds is 4. The summed E-state index contributed by atoms with van der Waals surface area (Å²) in [5.41, 5.74) is 0. The fraction of sp³-hybridized carbons (Fsp3) is 0.444. The summed E-state index contributed by atoms with van der Waals surface area (Å²) in [5, 5.41) is 8.53. The van der Waals surface area contributed by atoms with Crippen LogP contribution in [0.5, 0.6) is 0 Å². The molecule has 0 unspecified atom stereocenters. The lowest BCUT2D eigenvalue weighted by Gasteiger charge is -2.15. The Hall–Kier alpha value is -0.900. The van der Waals surface area contributed by atoms with Gasteiger partial charge >= 0.3 is 0 Å². The molecule has 0 aliphatic rings. The average Bonchev–Trinajstić information content (AvgIpc) is 2.61. The maximum atomic E-state index is 12.0. The minimum absolute atomic E-state index is 0.101. The highest BCUT2D eigenvalue weighted by Crippen LogP contribution is 2.23. The molecule has 1 aromatic heterocycles. The first-order valence-corrected chi connectivity index (χ1v) is 6.71. The van der Waals surface area contributed by atoms with Gasteiger partial charge in [0.15, 0.2) is 0 Å². The number of aryl methyl sites for hydroxylation is 1. The molecule has 0 saturated carbocycles. The highest BCUT2D eigenvalue weighted by Gasteiger charge is 2.23. The molecule has 0 fully saturated rings. The molecule has 1 aromatic rings. The fourth-order valence-corrected chi connectivity index (χ4v) is 3.91. The Balaban J connectivity index is 3.07. The van der Waals surface area contributed by atoms with Crippen LogP contribution in [0.3, 0.4) is 0 Å². The predicted octanol–water partition coefficient (Wildman–Crippen LogP) is 1.59. The average molecular weight is 244 g/mol. The summed E-state index contributed by atoms with van der Waals surface area (Å²) in [4.78, 5) is 0.946. The van der Waals surface area contributed by atoms with Crippen molar-refractivity contribution in [2.24, 2.45) is 0 Å². The minimum atomic E-state index is -3.46. The first-order valence-electron chi connectivity index (χ1n) is 4.46. The summed E-state index contributed by atoms with van der Waals surface area (Å²) < 4.78 is 25.4. The summed E-state index contributed by atoms with van der Waals surface area (Å²) in [6.45, 7) is 3.78.